The van der Waals surface area contributed by atoms with E-state index in [1.165, 1.54) is 6.92 Å². The van der Waals surface area contributed by atoms with Crippen molar-refractivity contribution >= 4 is 5.78 Å². The van der Waals surface area contributed by atoms with E-state index in [-0.39, 0.29) is 5.78 Å². The van der Waals surface area contributed by atoms with Crippen LogP contribution < -0.4 is 0 Å². The number of carbonyl (C=O) groups is 1. The van der Waals surface area contributed by atoms with Gasteiger partial charge >= 0.3 is 0 Å². The molecule has 0 aromatic heterocycles. The molecule has 0 aromatic carbocycles. The summed E-state index contributed by atoms with van der Waals surface area (Å²) >= 11 is 0. The number of aliphatic hydroxyl groups excluding tert-OH is 2. The molecule has 0 unspecified atom stereocenters. The van der Waals surface area contributed by atoms with E-state index < -0.39 is 12.2 Å². The molecular formula is C7H13NO3. The summed E-state index contributed by atoms with van der Waals surface area (Å²) in [7, 11) is 0. The van der Waals surface area contributed by atoms with Gasteiger partial charge < -0.3 is 10.2 Å². The van der Waals surface area contributed by atoms with Gasteiger partial charge in [0.25, 0.3) is 0 Å². The number of hydrogen-bond donors (Lipinski definition) is 2. The molecule has 0 bridgehead atoms. The van der Waals surface area contributed by atoms with Crippen LogP contribution in [0.5, 0.6) is 0 Å². The zero-order valence-corrected chi connectivity index (χ0v) is 6.53. The van der Waals surface area contributed by atoms with Gasteiger partial charge in [0.2, 0.25) is 0 Å². The first kappa shape index (κ1) is 8.64. The zero-order chi connectivity index (χ0) is 8.43. The molecule has 0 saturated carbocycles. The molecule has 2 atom stereocenters. The summed E-state index contributed by atoms with van der Waals surface area (Å²) in [6.45, 7) is 2.63. The highest BCUT2D eigenvalue weighted by molar-refractivity contribution is 5.77. The smallest absolute Gasteiger partial charge is 0.143 e. The van der Waals surface area contributed by atoms with E-state index >= 15 is 0 Å². The quantitative estimate of drug-likeness (QED) is 0.521. The molecule has 0 aliphatic carbocycles. The van der Waals surface area contributed by atoms with E-state index in [9.17, 15) is 4.79 Å². The minimum absolute atomic E-state index is 0.0614. The predicted molar refractivity (Wildman–Crippen MR) is 39.1 cm³/mol. The molecule has 0 spiro atoms. The van der Waals surface area contributed by atoms with E-state index in [0.29, 0.717) is 19.6 Å². The molecule has 11 heavy (non-hydrogen) atoms. The topological polar surface area (TPSA) is 60.8 Å². The lowest BCUT2D eigenvalue weighted by Crippen LogP contribution is -2.27. The van der Waals surface area contributed by atoms with E-state index in [4.69, 9.17) is 10.2 Å². The number of nitrogens with zero attached hydrogens (tertiary/aromatic N) is 1. The van der Waals surface area contributed by atoms with Gasteiger partial charge in [0.15, 0.2) is 0 Å². The maximum Gasteiger partial charge on any atom is 0.143 e. The van der Waals surface area contributed by atoms with Crippen molar-refractivity contribution in [1.82, 2.24) is 4.90 Å². The Kier molecular flexibility index (Phi) is 2.59. The molecule has 2 N–H and O–H groups in total. The van der Waals surface area contributed by atoms with Crippen LogP contribution in [0.4, 0.5) is 0 Å². The van der Waals surface area contributed by atoms with Crippen LogP contribution in [0.25, 0.3) is 0 Å². The third-order valence-electron chi connectivity index (χ3n) is 1.78. The lowest BCUT2D eigenvalue weighted by atomic mass is 10.3. The zero-order valence-electron chi connectivity index (χ0n) is 6.53. The van der Waals surface area contributed by atoms with Crippen LogP contribution in [0.2, 0.25) is 0 Å². The summed E-state index contributed by atoms with van der Waals surface area (Å²) in [4.78, 5) is 12.4. The molecule has 64 valence electrons. The standard InChI is InChI=1S/C7H13NO3/c1-5(9)2-8-3-6(10)7(11)4-8/h6-7,10-11H,2-4H2,1H3/t6-,7-/m1/s1. The van der Waals surface area contributed by atoms with Crippen molar-refractivity contribution in [3.63, 3.8) is 0 Å². The first-order chi connectivity index (χ1) is 5.09. The van der Waals surface area contributed by atoms with Crippen molar-refractivity contribution in [3.05, 3.63) is 0 Å². The Hall–Kier alpha value is -0.450. The fraction of sp³-hybridized carbons (Fsp3) is 0.857. The average Bonchev–Trinajstić information content (AvgIpc) is 2.10. The molecular weight excluding hydrogens is 146 g/mol. The molecule has 1 rings (SSSR count). The summed E-state index contributed by atoms with van der Waals surface area (Å²) in [5.41, 5.74) is 0. The van der Waals surface area contributed by atoms with Crippen molar-refractivity contribution in [1.29, 1.82) is 0 Å². The number of Topliss-reactive ketones (excluding diaryl/α,β-unsaturated/α-hetero) is 1. The van der Waals surface area contributed by atoms with Crippen molar-refractivity contribution in [2.45, 2.75) is 19.1 Å². The van der Waals surface area contributed by atoms with Crippen molar-refractivity contribution in [2.75, 3.05) is 19.6 Å². The fourth-order valence-corrected chi connectivity index (χ4v) is 1.29. The number of ketones is 1. The second-order valence-corrected chi connectivity index (χ2v) is 3.03. The maximum absolute atomic E-state index is 10.6. The van der Waals surface area contributed by atoms with Crippen LogP contribution in [0, 0.1) is 0 Å². The van der Waals surface area contributed by atoms with Crippen LogP contribution in [0.15, 0.2) is 0 Å². The van der Waals surface area contributed by atoms with Gasteiger partial charge in [-0.3, -0.25) is 9.69 Å². The summed E-state index contributed by atoms with van der Waals surface area (Å²) < 4.78 is 0. The summed E-state index contributed by atoms with van der Waals surface area (Å²) in [6.07, 6.45) is -1.37. The Morgan fingerprint density at radius 3 is 2.27 bits per heavy atom. The Bertz CT molecular complexity index is 150. The van der Waals surface area contributed by atoms with Crippen LogP contribution in [-0.4, -0.2) is 52.7 Å². The molecule has 0 amide bonds. The van der Waals surface area contributed by atoms with Crippen molar-refractivity contribution in [2.24, 2.45) is 0 Å². The lowest BCUT2D eigenvalue weighted by Gasteiger charge is -2.10. The number of likely N-dealkylation sites (tertiary alicyclic amines) is 1. The summed E-state index contributed by atoms with van der Waals surface area (Å²) in [6, 6.07) is 0. The van der Waals surface area contributed by atoms with Crippen molar-refractivity contribution in [3.8, 4) is 0 Å². The Morgan fingerprint density at radius 1 is 1.45 bits per heavy atom. The third kappa shape index (κ3) is 2.25. The molecule has 4 heteroatoms. The fourth-order valence-electron chi connectivity index (χ4n) is 1.29. The third-order valence-corrected chi connectivity index (χ3v) is 1.78. The number of β-amino-alcohol motifs (C(OH)–C–C–N with tert-alkyl or cyclic N) is 2. The predicted octanol–water partition coefficient (Wildman–Crippen LogP) is -1.39. The molecule has 1 aliphatic rings. The molecule has 1 fully saturated rings. The molecule has 4 nitrogen and oxygen atoms in total. The van der Waals surface area contributed by atoms with Gasteiger partial charge in [-0.05, 0) is 6.92 Å². The summed E-state index contributed by atoms with van der Waals surface area (Å²) in [5, 5.41) is 18.2. The van der Waals surface area contributed by atoms with Gasteiger partial charge in [-0.2, -0.15) is 0 Å². The maximum atomic E-state index is 10.6. The largest absolute Gasteiger partial charge is 0.389 e. The monoisotopic (exact) mass is 159 g/mol. The van der Waals surface area contributed by atoms with Crippen LogP contribution in [0.3, 0.4) is 0 Å². The highest BCUT2D eigenvalue weighted by Gasteiger charge is 2.29. The van der Waals surface area contributed by atoms with E-state index in [1.807, 2.05) is 0 Å². The number of carbonyl (C=O) groups excluding carboxylic acids is 1. The molecule has 0 radical (unpaired) electrons. The van der Waals surface area contributed by atoms with Crippen LogP contribution >= 0.6 is 0 Å². The highest BCUT2D eigenvalue weighted by Crippen LogP contribution is 2.08. The number of aliphatic hydroxyl groups is 2. The van der Waals surface area contributed by atoms with E-state index in [0.717, 1.165) is 0 Å². The Morgan fingerprint density at radius 2 is 1.91 bits per heavy atom. The van der Waals surface area contributed by atoms with Gasteiger partial charge in [-0.25, -0.2) is 0 Å². The lowest BCUT2D eigenvalue weighted by molar-refractivity contribution is -0.117. The molecule has 1 saturated heterocycles. The first-order valence-corrected chi connectivity index (χ1v) is 3.67. The Labute approximate surface area is 65.4 Å². The molecule has 0 aromatic rings. The first-order valence-electron chi connectivity index (χ1n) is 3.67. The minimum atomic E-state index is -0.686. The average molecular weight is 159 g/mol. The number of hydrogen-bond acceptors (Lipinski definition) is 4. The normalized spacial score (nSPS) is 32.6. The molecule has 1 aliphatic heterocycles. The second kappa shape index (κ2) is 3.30. The van der Waals surface area contributed by atoms with Gasteiger partial charge in [0, 0.05) is 13.1 Å². The Balaban J connectivity index is 2.35. The summed E-state index contributed by atoms with van der Waals surface area (Å²) in [5.74, 6) is 0.0614. The van der Waals surface area contributed by atoms with Gasteiger partial charge in [-0.15, -0.1) is 0 Å². The van der Waals surface area contributed by atoms with Gasteiger partial charge in [0.05, 0.1) is 18.8 Å². The van der Waals surface area contributed by atoms with Crippen molar-refractivity contribution < 1.29 is 15.0 Å². The van der Waals surface area contributed by atoms with E-state index in [1.54, 1.807) is 4.90 Å². The van der Waals surface area contributed by atoms with E-state index in [2.05, 4.69) is 0 Å². The highest BCUT2D eigenvalue weighted by atomic mass is 16.3. The number of rotatable bonds is 2. The van der Waals surface area contributed by atoms with Gasteiger partial charge in [-0.1, -0.05) is 0 Å². The minimum Gasteiger partial charge on any atom is -0.389 e. The van der Waals surface area contributed by atoms with Crippen LogP contribution in [0.1, 0.15) is 6.92 Å². The van der Waals surface area contributed by atoms with Crippen LogP contribution in [-0.2, 0) is 4.79 Å². The molecule has 1 heterocycles. The van der Waals surface area contributed by atoms with Gasteiger partial charge in [0.1, 0.15) is 5.78 Å². The second-order valence-electron chi connectivity index (χ2n) is 3.03. The SMILES string of the molecule is CC(=O)CN1C[C@@H](O)[C@H](O)C1.